The standard InChI is InChI=1S/C18H19N3O3/c1-12-18(23)21(2)15-8-13(5-6-16(15)24-12)9-17(22)20-11-14-4-3-7-19-10-14/h3-8,10,12H,9,11H2,1-2H3,(H,20,22). The predicted molar refractivity (Wildman–Crippen MR) is 89.7 cm³/mol. The monoisotopic (exact) mass is 325 g/mol. The number of pyridine rings is 1. The van der Waals surface area contributed by atoms with Gasteiger partial charge in [-0.25, -0.2) is 0 Å². The van der Waals surface area contributed by atoms with E-state index in [9.17, 15) is 9.59 Å². The molecule has 0 radical (unpaired) electrons. The molecule has 1 aliphatic heterocycles. The van der Waals surface area contributed by atoms with Crippen molar-refractivity contribution >= 4 is 17.5 Å². The Bertz CT molecular complexity index is 761. The average molecular weight is 325 g/mol. The zero-order chi connectivity index (χ0) is 17.1. The van der Waals surface area contributed by atoms with Crippen LogP contribution in [0.2, 0.25) is 0 Å². The first-order chi connectivity index (χ1) is 11.5. The molecular formula is C18H19N3O3. The summed E-state index contributed by atoms with van der Waals surface area (Å²) in [6.07, 6.45) is 3.17. The number of ether oxygens (including phenoxy) is 1. The molecule has 0 aliphatic carbocycles. The molecule has 0 spiro atoms. The minimum Gasteiger partial charge on any atom is -0.479 e. The first kappa shape index (κ1) is 16.0. The van der Waals surface area contributed by atoms with Crippen LogP contribution in [0.1, 0.15) is 18.1 Å². The number of likely N-dealkylation sites (N-methyl/N-ethyl adjacent to an activating group) is 1. The summed E-state index contributed by atoms with van der Waals surface area (Å²) in [7, 11) is 1.71. The number of carbonyl (C=O) groups is 2. The summed E-state index contributed by atoms with van der Waals surface area (Å²) in [5.74, 6) is 0.475. The van der Waals surface area contributed by atoms with Gasteiger partial charge < -0.3 is 15.0 Å². The van der Waals surface area contributed by atoms with E-state index in [4.69, 9.17) is 4.74 Å². The van der Waals surface area contributed by atoms with Crippen LogP contribution in [0.3, 0.4) is 0 Å². The van der Waals surface area contributed by atoms with Gasteiger partial charge in [0.25, 0.3) is 5.91 Å². The molecule has 1 aliphatic rings. The highest BCUT2D eigenvalue weighted by Gasteiger charge is 2.28. The lowest BCUT2D eigenvalue weighted by molar-refractivity contribution is -0.125. The molecule has 0 bridgehead atoms. The van der Waals surface area contributed by atoms with Gasteiger partial charge in [-0.1, -0.05) is 12.1 Å². The third kappa shape index (κ3) is 3.37. The van der Waals surface area contributed by atoms with Gasteiger partial charge in [0.1, 0.15) is 5.75 Å². The van der Waals surface area contributed by atoms with Crippen molar-refractivity contribution in [2.45, 2.75) is 26.0 Å². The van der Waals surface area contributed by atoms with E-state index >= 15 is 0 Å². The molecule has 124 valence electrons. The molecule has 2 heterocycles. The van der Waals surface area contributed by atoms with Crippen LogP contribution in [0, 0.1) is 0 Å². The number of hydrogen-bond acceptors (Lipinski definition) is 4. The summed E-state index contributed by atoms with van der Waals surface area (Å²) in [5.41, 5.74) is 2.47. The Kier molecular flexibility index (Phi) is 4.46. The van der Waals surface area contributed by atoms with Crippen molar-refractivity contribution in [2.75, 3.05) is 11.9 Å². The molecule has 1 unspecified atom stereocenters. The van der Waals surface area contributed by atoms with Crippen LogP contribution < -0.4 is 15.0 Å². The molecule has 0 saturated carbocycles. The number of rotatable bonds is 4. The second kappa shape index (κ2) is 6.70. The number of carbonyl (C=O) groups excluding carboxylic acids is 2. The van der Waals surface area contributed by atoms with Gasteiger partial charge in [-0.3, -0.25) is 14.6 Å². The van der Waals surface area contributed by atoms with E-state index in [1.54, 1.807) is 37.3 Å². The fourth-order valence-electron chi connectivity index (χ4n) is 2.62. The second-order valence-electron chi connectivity index (χ2n) is 5.77. The van der Waals surface area contributed by atoms with E-state index in [2.05, 4.69) is 10.3 Å². The molecule has 1 aromatic carbocycles. The van der Waals surface area contributed by atoms with E-state index in [1.165, 1.54) is 0 Å². The van der Waals surface area contributed by atoms with Crippen LogP contribution in [0.15, 0.2) is 42.7 Å². The van der Waals surface area contributed by atoms with Gasteiger partial charge in [-0.05, 0) is 36.2 Å². The summed E-state index contributed by atoms with van der Waals surface area (Å²) in [5, 5.41) is 2.86. The highest BCUT2D eigenvalue weighted by Crippen LogP contribution is 2.33. The van der Waals surface area contributed by atoms with Gasteiger partial charge in [-0.15, -0.1) is 0 Å². The molecule has 24 heavy (non-hydrogen) atoms. The van der Waals surface area contributed by atoms with Gasteiger partial charge in [0.2, 0.25) is 5.91 Å². The molecule has 1 aromatic heterocycles. The topological polar surface area (TPSA) is 71.5 Å². The smallest absolute Gasteiger partial charge is 0.267 e. The second-order valence-corrected chi connectivity index (χ2v) is 5.77. The molecule has 2 aromatic rings. The number of nitrogens with one attached hydrogen (secondary N) is 1. The highest BCUT2D eigenvalue weighted by atomic mass is 16.5. The lowest BCUT2D eigenvalue weighted by Gasteiger charge is -2.30. The fraction of sp³-hybridized carbons (Fsp3) is 0.278. The number of benzene rings is 1. The summed E-state index contributed by atoms with van der Waals surface area (Å²) < 4.78 is 5.58. The summed E-state index contributed by atoms with van der Waals surface area (Å²) in [6.45, 7) is 2.16. The van der Waals surface area contributed by atoms with Crippen molar-refractivity contribution in [3.05, 3.63) is 53.9 Å². The van der Waals surface area contributed by atoms with Crippen LogP contribution in [-0.2, 0) is 22.6 Å². The minimum absolute atomic E-state index is 0.0853. The number of anilines is 1. The van der Waals surface area contributed by atoms with Crippen molar-refractivity contribution < 1.29 is 14.3 Å². The fourth-order valence-corrected chi connectivity index (χ4v) is 2.62. The number of amides is 2. The van der Waals surface area contributed by atoms with Crippen molar-refractivity contribution in [1.29, 1.82) is 0 Å². The first-order valence-electron chi connectivity index (χ1n) is 7.77. The zero-order valence-electron chi connectivity index (χ0n) is 13.7. The zero-order valence-corrected chi connectivity index (χ0v) is 13.7. The van der Waals surface area contributed by atoms with Gasteiger partial charge in [0.05, 0.1) is 12.1 Å². The Morgan fingerprint density at radius 3 is 2.92 bits per heavy atom. The Morgan fingerprint density at radius 2 is 2.17 bits per heavy atom. The Labute approximate surface area is 140 Å². The predicted octanol–water partition coefficient (Wildman–Crippen LogP) is 1.68. The van der Waals surface area contributed by atoms with E-state index in [0.717, 1.165) is 11.1 Å². The first-order valence-corrected chi connectivity index (χ1v) is 7.77. The molecule has 6 nitrogen and oxygen atoms in total. The molecule has 6 heteroatoms. The number of hydrogen-bond donors (Lipinski definition) is 1. The number of fused-ring (bicyclic) bond motifs is 1. The minimum atomic E-state index is -0.490. The quantitative estimate of drug-likeness (QED) is 0.928. The largest absolute Gasteiger partial charge is 0.479 e. The summed E-state index contributed by atoms with van der Waals surface area (Å²) >= 11 is 0. The molecular weight excluding hydrogens is 306 g/mol. The van der Waals surface area contributed by atoms with Crippen LogP contribution in [0.4, 0.5) is 5.69 Å². The van der Waals surface area contributed by atoms with Crippen LogP contribution in [0.25, 0.3) is 0 Å². The van der Waals surface area contributed by atoms with Crippen molar-refractivity contribution in [3.8, 4) is 5.75 Å². The normalized spacial score (nSPS) is 16.3. The van der Waals surface area contributed by atoms with Crippen molar-refractivity contribution in [2.24, 2.45) is 0 Å². The van der Waals surface area contributed by atoms with Gasteiger partial charge in [0, 0.05) is 26.0 Å². The summed E-state index contributed by atoms with van der Waals surface area (Å²) in [6, 6.07) is 9.21. The molecule has 0 saturated heterocycles. The van der Waals surface area contributed by atoms with E-state index in [1.807, 2.05) is 24.3 Å². The average Bonchev–Trinajstić information content (AvgIpc) is 2.59. The van der Waals surface area contributed by atoms with Crippen molar-refractivity contribution in [3.63, 3.8) is 0 Å². The SMILES string of the molecule is CC1Oc2ccc(CC(=O)NCc3cccnc3)cc2N(C)C1=O. The van der Waals surface area contributed by atoms with Crippen LogP contribution >= 0.6 is 0 Å². The Morgan fingerprint density at radius 1 is 1.33 bits per heavy atom. The van der Waals surface area contributed by atoms with Gasteiger partial charge in [-0.2, -0.15) is 0 Å². The van der Waals surface area contributed by atoms with Gasteiger partial charge >= 0.3 is 0 Å². The lowest BCUT2D eigenvalue weighted by Crippen LogP contribution is -2.42. The number of aromatic nitrogens is 1. The third-order valence-electron chi connectivity index (χ3n) is 3.94. The van der Waals surface area contributed by atoms with E-state index < -0.39 is 6.10 Å². The van der Waals surface area contributed by atoms with Crippen LogP contribution in [0.5, 0.6) is 5.75 Å². The van der Waals surface area contributed by atoms with E-state index in [-0.39, 0.29) is 18.2 Å². The summed E-state index contributed by atoms with van der Waals surface area (Å²) in [4.78, 5) is 29.7. The number of nitrogens with zero attached hydrogens (tertiary/aromatic N) is 2. The Hall–Kier alpha value is -2.89. The molecule has 3 rings (SSSR count). The molecule has 1 N–H and O–H groups in total. The van der Waals surface area contributed by atoms with Gasteiger partial charge in [0.15, 0.2) is 6.10 Å². The maximum atomic E-state index is 12.1. The van der Waals surface area contributed by atoms with E-state index in [0.29, 0.717) is 18.0 Å². The molecule has 1 atom stereocenters. The van der Waals surface area contributed by atoms with Crippen molar-refractivity contribution in [1.82, 2.24) is 10.3 Å². The van der Waals surface area contributed by atoms with Crippen LogP contribution in [-0.4, -0.2) is 29.9 Å². The third-order valence-corrected chi connectivity index (χ3v) is 3.94. The lowest BCUT2D eigenvalue weighted by atomic mass is 10.1. The Balaban J connectivity index is 1.66. The molecule has 0 fully saturated rings. The maximum absolute atomic E-state index is 12.1. The highest BCUT2D eigenvalue weighted by molar-refractivity contribution is 5.99. The molecule has 2 amide bonds. The maximum Gasteiger partial charge on any atom is 0.267 e.